The number of hydrogen-bond acceptors (Lipinski definition) is 6. The molecule has 2 rings (SSSR count). The Hall–Kier alpha value is -1.96. The number of halogens is 1. The fraction of sp³-hybridized carbons (Fsp3) is 0.471. The van der Waals surface area contributed by atoms with Crippen molar-refractivity contribution in [2.75, 3.05) is 13.7 Å². The van der Waals surface area contributed by atoms with Crippen LogP contribution in [0.1, 0.15) is 24.8 Å². The van der Waals surface area contributed by atoms with Gasteiger partial charge in [0.05, 0.1) is 0 Å². The number of likely N-dealkylation sites (N-methyl/N-ethyl adjacent to an activating group) is 1. The number of ether oxygens (including phenoxy) is 1. The molecular formula is C17H20ClNO6. The summed E-state index contributed by atoms with van der Waals surface area (Å²) < 4.78 is 4.63. The van der Waals surface area contributed by atoms with Crippen LogP contribution in [0, 0.1) is 0 Å². The van der Waals surface area contributed by atoms with Crippen LogP contribution in [0.15, 0.2) is 24.3 Å². The third-order valence-corrected chi connectivity index (χ3v) is 5.05. The molecule has 136 valence electrons. The highest BCUT2D eigenvalue weighted by molar-refractivity contribution is 6.31. The first-order valence-electron chi connectivity index (χ1n) is 7.84. The predicted octanol–water partition coefficient (Wildman–Crippen LogP) is 1.21. The van der Waals surface area contributed by atoms with E-state index in [2.05, 4.69) is 4.74 Å². The maximum Gasteiger partial charge on any atom is 0.324 e. The Morgan fingerprint density at radius 2 is 2.20 bits per heavy atom. The highest BCUT2D eigenvalue weighted by Crippen LogP contribution is 2.43. The Labute approximate surface area is 150 Å². The van der Waals surface area contributed by atoms with E-state index in [1.807, 2.05) is 0 Å². The topological polar surface area (TPSA) is 104 Å². The van der Waals surface area contributed by atoms with Gasteiger partial charge in [-0.3, -0.25) is 19.3 Å². The first kappa shape index (κ1) is 19.4. The van der Waals surface area contributed by atoms with Gasteiger partial charge in [-0.25, -0.2) is 0 Å². The van der Waals surface area contributed by atoms with Crippen molar-refractivity contribution >= 4 is 29.8 Å². The number of carboxylic acid groups (broad SMARTS) is 1. The van der Waals surface area contributed by atoms with Gasteiger partial charge in [0.15, 0.2) is 5.78 Å². The fourth-order valence-corrected chi connectivity index (χ4v) is 3.72. The molecule has 0 radical (unpaired) electrons. The summed E-state index contributed by atoms with van der Waals surface area (Å²) in [6, 6.07) is 5.39. The van der Waals surface area contributed by atoms with Gasteiger partial charge in [-0.15, -0.1) is 0 Å². The Morgan fingerprint density at radius 1 is 1.52 bits per heavy atom. The number of nitrogens with zero attached hydrogens (tertiary/aromatic N) is 1. The zero-order valence-electron chi connectivity index (χ0n) is 13.7. The van der Waals surface area contributed by atoms with Crippen molar-refractivity contribution in [1.29, 1.82) is 0 Å². The highest BCUT2D eigenvalue weighted by atomic mass is 35.5. The third-order valence-electron chi connectivity index (χ3n) is 4.72. The summed E-state index contributed by atoms with van der Waals surface area (Å²) in [5.74, 6) is -1.75. The molecule has 0 amide bonds. The van der Waals surface area contributed by atoms with Gasteiger partial charge < -0.3 is 14.9 Å². The van der Waals surface area contributed by atoms with Crippen LogP contribution in [0.2, 0.25) is 5.02 Å². The summed E-state index contributed by atoms with van der Waals surface area (Å²) >= 11 is 6.30. The molecule has 1 aromatic carbocycles. The molecule has 0 aliphatic heterocycles. The number of ketones is 1. The lowest BCUT2D eigenvalue weighted by Gasteiger charge is -2.47. The van der Waals surface area contributed by atoms with Crippen molar-refractivity contribution in [2.24, 2.45) is 0 Å². The second-order valence-electron chi connectivity index (χ2n) is 6.01. The minimum atomic E-state index is -1.41. The lowest BCUT2D eigenvalue weighted by atomic mass is 9.72. The molecule has 1 aliphatic rings. The van der Waals surface area contributed by atoms with Crippen molar-refractivity contribution in [3.05, 3.63) is 34.9 Å². The number of carboxylic acids is 1. The maximum absolute atomic E-state index is 13.0. The zero-order chi connectivity index (χ0) is 18.6. The molecule has 1 aromatic rings. The molecule has 7 nitrogen and oxygen atoms in total. The summed E-state index contributed by atoms with van der Waals surface area (Å²) in [6.45, 7) is -0.269. The predicted molar refractivity (Wildman–Crippen MR) is 89.2 cm³/mol. The third kappa shape index (κ3) is 3.53. The minimum Gasteiger partial charge on any atom is -0.480 e. The second-order valence-corrected chi connectivity index (χ2v) is 6.41. The Bertz CT molecular complexity index is 666. The number of aliphatic hydroxyl groups excluding tert-OH is 1. The molecule has 0 heterocycles. The van der Waals surface area contributed by atoms with Gasteiger partial charge in [0, 0.05) is 5.02 Å². The SMILES string of the molecule is CN([C@@H](COC=O)C(=O)O)[C@@]1(c2ccccc2Cl)CCC[C@H](O)C1=O. The normalized spacial score (nSPS) is 24.8. The quantitative estimate of drug-likeness (QED) is 0.696. The van der Waals surface area contributed by atoms with Crippen LogP contribution in [0.5, 0.6) is 0 Å². The van der Waals surface area contributed by atoms with E-state index in [9.17, 15) is 24.6 Å². The van der Waals surface area contributed by atoms with Gasteiger partial charge in [-0.2, -0.15) is 0 Å². The van der Waals surface area contributed by atoms with Crippen LogP contribution in [0.25, 0.3) is 0 Å². The molecule has 0 aromatic heterocycles. The van der Waals surface area contributed by atoms with E-state index in [0.717, 1.165) is 0 Å². The van der Waals surface area contributed by atoms with Crippen LogP contribution in [-0.4, -0.2) is 59.1 Å². The summed E-state index contributed by atoms with van der Waals surface area (Å²) in [4.78, 5) is 36.5. The number of hydrogen-bond donors (Lipinski definition) is 2. The smallest absolute Gasteiger partial charge is 0.324 e. The molecule has 0 bridgehead atoms. The number of carbonyl (C=O) groups is 3. The lowest BCUT2D eigenvalue weighted by molar-refractivity contribution is -0.158. The van der Waals surface area contributed by atoms with Crippen LogP contribution in [0.4, 0.5) is 0 Å². The Balaban J connectivity index is 2.58. The lowest BCUT2D eigenvalue weighted by Crippen LogP contribution is -2.61. The van der Waals surface area contributed by atoms with Gasteiger partial charge in [0.2, 0.25) is 0 Å². The van der Waals surface area contributed by atoms with Gasteiger partial charge in [-0.1, -0.05) is 29.8 Å². The monoisotopic (exact) mass is 369 g/mol. The molecule has 0 spiro atoms. The second kappa shape index (κ2) is 7.95. The number of benzene rings is 1. The average molecular weight is 370 g/mol. The molecule has 3 atom stereocenters. The van der Waals surface area contributed by atoms with Gasteiger partial charge >= 0.3 is 5.97 Å². The van der Waals surface area contributed by atoms with Crippen molar-refractivity contribution in [3.63, 3.8) is 0 Å². The summed E-state index contributed by atoms with van der Waals surface area (Å²) in [7, 11) is 1.46. The van der Waals surface area contributed by atoms with Crippen molar-refractivity contribution in [1.82, 2.24) is 4.90 Å². The Kier molecular flexibility index (Phi) is 6.16. The number of aliphatic hydroxyl groups is 1. The van der Waals surface area contributed by atoms with E-state index >= 15 is 0 Å². The van der Waals surface area contributed by atoms with Gasteiger partial charge in [-0.05, 0) is 37.9 Å². The number of carbonyl (C=O) groups excluding carboxylic acids is 2. The molecule has 1 aliphatic carbocycles. The summed E-state index contributed by atoms with van der Waals surface area (Å²) in [6.07, 6.45) is -0.0902. The minimum absolute atomic E-state index is 0.156. The Morgan fingerprint density at radius 3 is 2.80 bits per heavy atom. The van der Waals surface area contributed by atoms with Gasteiger partial charge in [0.1, 0.15) is 24.3 Å². The molecule has 0 saturated heterocycles. The first-order chi connectivity index (χ1) is 11.9. The first-order valence-corrected chi connectivity index (χ1v) is 8.22. The number of aliphatic carboxylic acids is 1. The van der Waals surface area contributed by atoms with Crippen LogP contribution >= 0.6 is 11.6 Å². The van der Waals surface area contributed by atoms with E-state index in [1.54, 1.807) is 24.3 Å². The molecule has 1 saturated carbocycles. The van der Waals surface area contributed by atoms with Crippen LogP contribution < -0.4 is 0 Å². The number of Topliss-reactive ketones (excluding diaryl/α,β-unsaturated/α-hetero) is 1. The van der Waals surface area contributed by atoms with Crippen molar-refractivity contribution in [2.45, 2.75) is 36.9 Å². The molecule has 8 heteroatoms. The van der Waals surface area contributed by atoms with Gasteiger partial charge in [0.25, 0.3) is 6.47 Å². The van der Waals surface area contributed by atoms with E-state index < -0.39 is 36.0 Å². The summed E-state index contributed by atoms with van der Waals surface area (Å²) in [5.41, 5.74) is -0.981. The fourth-order valence-electron chi connectivity index (χ4n) is 3.43. The largest absolute Gasteiger partial charge is 0.480 e. The standard InChI is InChI=1S/C17H20ClNO6/c1-19(13(16(23)24)9-25-10-20)17(8-4-7-14(21)15(17)22)11-5-2-3-6-12(11)18/h2-3,5-6,10,13-14,21H,4,7-9H2,1H3,(H,23,24)/t13-,14-,17+/m0/s1. The molecule has 25 heavy (non-hydrogen) atoms. The van der Waals surface area contributed by atoms with E-state index in [0.29, 0.717) is 29.8 Å². The van der Waals surface area contributed by atoms with Crippen molar-refractivity contribution < 1.29 is 29.3 Å². The van der Waals surface area contributed by atoms with Crippen LogP contribution in [-0.2, 0) is 24.7 Å². The van der Waals surface area contributed by atoms with Crippen molar-refractivity contribution in [3.8, 4) is 0 Å². The molecular weight excluding hydrogens is 350 g/mol. The average Bonchev–Trinajstić information content (AvgIpc) is 2.58. The highest BCUT2D eigenvalue weighted by Gasteiger charge is 2.52. The van der Waals surface area contributed by atoms with Crippen LogP contribution in [0.3, 0.4) is 0 Å². The molecule has 2 N–H and O–H groups in total. The van der Waals surface area contributed by atoms with E-state index in [4.69, 9.17) is 11.6 Å². The maximum atomic E-state index is 13.0. The summed E-state index contributed by atoms with van der Waals surface area (Å²) in [5, 5.41) is 20.0. The molecule has 0 unspecified atom stereocenters. The zero-order valence-corrected chi connectivity index (χ0v) is 14.5. The van der Waals surface area contributed by atoms with E-state index in [1.165, 1.54) is 11.9 Å². The number of rotatable bonds is 7. The molecule has 1 fully saturated rings. The van der Waals surface area contributed by atoms with E-state index in [-0.39, 0.29) is 6.47 Å².